The fourth-order valence-corrected chi connectivity index (χ4v) is 3.91. The van der Waals surface area contributed by atoms with Crippen molar-refractivity contribution in [3.05, 3.63) is 60.0 Å². The molecular weight excluding hydrogens is 282 g/mol. The Labute approximate surface area is 134 Å². The monoisotopic (exact) mass is 299 g/mol. The average molecular weight is 299 g/mol. The fourth-order valence-electron chi connectivity index (χ4n) is 3.91. The number of H-pyrrole nitrogens is 1. The number of nitrogens with zero attached hydrogens (tertiary/aromatic N) is 2. The van der Waals surface area contributed by atoms with E-state index in [0.717, 1.165) is 24.1 Å². The van der Waals surface area contributed by atoms with E-state index in [1.54, 1.807) is 0 Å². The van der Waals surface area contributed by atoms with Crippen LogP contribution in [0, 0.1) is 0 Å². The fraction of sp³-hybridized carbons (Fsp3) is 0.200. The van der Waals surface area contributed by atoms with Crippen molar-refractivity contribution in [2.45, 2.75) is 25.7 Å². The molecule has 4 aromatic rings. The second-order valence-corrected chi connectivity index (χ2v) is 6.26. The molecule has 0 bridgehead atoms. The number of rotatable bonds is 1. The summed E-state index contributed by atoms with van der Waals surface area (Å²) in [5.41, 5.74) is 7.55. The van der Waals surface area contributed by atoms with Crippen LogP contribution < -0.4 is 0 Å². The zero-order valence-electron chi connectivity index (χ0n) is 12.8. The van der Waals surface area contributed by atoms with Crippen LogP contribution in [0.3, 0.4) is 0 Å². The van der Waals surface area contributed by atoms with Crippen molar-refractivity contribution in [2.24, 2.45) is 0 Å². The van der Waals surface area contributed by atoms with Crippen molar-refractivity contribution in [1.29, 1.82) is 0 Å². The zero-order valence-corrected chi connectivity index (χ0v) is 12.8. The van der Waals surface area contributed by atoms with E-state index in [1.807, 2.05) is 18.6 Å². The smallest absolute Gasteiger partial charge is 0.0745 e. The molecule has 0 unspecified atom stereocenters. The van der Waals surface area contributed by atoms with E-state index in [1.165, 1.54) is 45.8 Å². The maximum atomic E-state index is 5.05. The predicted octanol–water partition coefficient (Wildman–Crippen LogP) is 4.66. The highest BCUT2D eigenvalue weighted by Crippen LogP contribution is 2.37. The summed E-state index contributed by atoms with van der Waals surface area (Å²) in [4.78, 5) is 12.5. The van der Waals surface area contributed by atoms with Gasteiger partial charge in [-0.25, -0.2) is 4.98 Å². The largest absolute Gasteiger partial charge is 0.361 e. The molecule has 0 radical (unpaired) electrons. The Bertz CT molecular complexity index is 1020. The van der Waals surface area contributed by atoms with Gasteiger partial charge in [-0.1, -0.05) is 0 Å². The highest BCUT2D eigenvalue weighted by Gasteiger charge is 2.20. The van der Waals surface area contributed by atoms with Gasteiger partial charge in [-0.05, 0) is 67.1 Å². The van der Waals surface area contributed by atoms with Crippen molar-refractivity contribution < 1.29 is 0 Å². The van der Waals surface area contributed by atoms with Crippen molar-refractivity contribution in [2.75, 3.05) is 0 Å². The summed E-state index contributed by atoms with van der Waals surface area (Å²) in [6, 6.07) is 10.6. The number of hydrogen-bond donors (Lipinski definition) is 1. The SMILES string of the molecule is c1cc(-c2nc3ccc4[nH]ccc4c3c3c2CCCC3)ccn1. The molecule has 3 nitrogen and oxygen atoms in total. The molecule has 3 heterocycles. The Morgan fingerprint density at radius 2 is 1.70 bits per heavy atom. The zero-order chi connectivity index (χ0) is 15.2. The lowest BCUT2D eigenvalue weighted by atomic mass is 9.85. The van der Waals surface area contributed by atoms with Gasteiger partial charge in [0, 0.05) is 40.4 Å². The van der Waals surface area contributed by atoms with Crippen molar-refractivity contribution in [1.82, 2.24) is 15.0 Å². The number of aromatic amines is 1. The predicted molar refractivity (Wildman–Crippen MR) is 93.5 cm³/mol. The molecular formula is C20H17N3. The van der Waals surface area contributed by atoms with Crippen molar-refractivity contribution >= 4 is 21.8 Å². The summed E-state index contributed by atoms with van der Waals surface area (Å²) in [7, 11) is 0. The summed E-state index contributed by atoms with van der Waals surface area (Å²) < 4.78 is 0. The minimum atomic E-state index is 1.10. The first-order chi connectivity index (χ1) is 11.4. The molecule has 3 aromatic heterocycles. The molecule has 112 valence electrons. The minimum Gasteiger partial charge on any atom is -0.361 e. The van der Waals surface area contributed by atoms with Gasteiger partial charge in [0.15, 0.2) is 0 Å². The molecule has 3 heteroatoms. The summed E-state index contributed by atoms with van der Waals surface area (Å²) in [6.07, 6.45) is 10.5. The molecule has 0 aliphatic heterocycles. The Balaban J connectivity index is 1.92. The molecule has 0 saturated carbocycles. The molecule has 0 fully saturated rings. The molecule has 1 N–H and O–H groups in total. The van der Waals surface area contributed by atoms with Crippen LogP contribution in [0.5, 0.6) is 0 Å². The Kier molecular flexibility index (Phi) is 2.74. The third-order valence-corrected chi connectivity index (χ3v) is 4.95. The van der Waals surface area contributed by atoms with Gasteiger partial charge >= 0.3 is 0 Å². The first kappa shape index (κ1) is 12.8. The summed E-state index contributed by atoms with van der Waals surface area (Å²) in [5, 5.41) is 2.64. The molecule has 5 rings (SSSR count). The molecule has 0 spiro atoms. The van der Waals surface area contributed by atoms with Gasteiger partial charge in [0.2, 0.25) is 0 Å². The van der Waals surface area contributed by atoms with Crippen LogP contribution in [-0.4, -0.2) is 15.0 Å². The van der Waals surface area contributed by atoms with E-state index >= 15 is 0 Å². The van der Waals surface area contributed by atoms with Crippen molar-refractivity contribution in [3.63, 3.8) is 0 Å². The Morgan fingerprint density at radius 3 is 2.57 bits per heavy atom. The van der Waals surface area contributed by atoms with Crippen LogP contribution in [0.1, 0.15) is 24.0 Å². The van der Waals surface area contributed by atoms with Crippen LogP contribution in [-0.2, 0) is 12.8 Å². The number of aromatic nitrogens is 3. The van der Waals surface area contributed by atoms with Crippen LogP contribution >= 0.6 is 0 Å². The van der Waals surface area contributed by atoms with Gasteiger partial charge in [0.05, 0.1) is 11.2 Å². The highest BCUT2D eigenvalue weighted by molar-refractivity contribution is 6.08. The van der Waals surface area contributed by atoms with Crippen LogP contribution in [0.15, 0.2) is 48.9 Å². The van der Waals surface area contributed by atoms with E-state index in [4.69, 9.17) is 4.98 Å². The van der Waals surface area contributed by atoms with E-state index in [2.05, 4.69) is 40.3 Å². The molecule has 0 amide bonds. The number of pyridine rings is 2. The number of aryl methyl sites for hydroxylation is 1. The van der Waals surface area contributed by atoms with Crippen molar-refractivity contribution in [3.8, 4) is 11.3 Å². The first-order valence-electron chi connectivity index (χ1n) is 8.24. The lowest BCUT2D eigenvalue weighted by Gasteiger charge is -2.21. The second-order valence-electron chi connectivity index (χ2n) is 6.26. The lowest BCUT2D eigenvalue weighted by Crippen LogP contribution is -2.07. The standard InChI is InChI=1S/C20H17N3/c1-2-4-15-14(3-1)19-16-9-12-22-17(16)5-6-18(19)23-20(15)13-7-10-21-11-8-13/h5-12,22H,1-4H2. The van der Waals surface area contributed by atoms with Gasteiger partial charge < -0.3 is 4.98 Å². The number of hydrogen-bond acceptors (Lipinski definition) is 2. The first-order valence-corrected chi connectivity index (χ1v) is 8.24. The number of fused-ring (bicyclic) bond motifs is 5. The third-order valence-electron chi connectivity index (χ3n) is 4.95. The molecule has 0 saturated heterocycles. The average Bonchev–Trinajstić information content (AvgIpc) is 3.10. The lowest BCUT2D eigenvalue weighted by molar-refractivity contribution is 0.689. The van der Waals surface area contributed by atoms with Gasteiger partial charge in [-0.15, -0.1) is 0 Å². The topological polar surface area (TPSA) is 41.6 Å². The van der Waals surface area contributed by atoms with E-state index in [-0.39, 0.29) is 0 Å². The maximum absolute atomic E-state index is 5.05. The van der Waals surface area contributed by atoms with Crippen LogP contribution in [0.4, 0.5) is 0 Å². The van der Waals surface area contributed by atoms with E-state index in [9.17, 15) is 0 Å². The number of nitrogens with one attached hydrogen (secondary N) is 1. The summed E-state index contributed by atoms with van der Waals surface area (Å²) >= 11 is 0. The maximum Gasteiger partial charge on any atom is 0.0745 e. The molecule has 1 aliphatic rings. The van der Waals surface area contributed by atoms with E-state index < -0.39 is 0 Å². The number of benzene rings is 1. The molecule has 0 atom stereocenters. The Morgan fingerprint density at radius 1 is 0.870 bits per heavy atom. The van der Waals surface area contributed by atoms with Gasteiger partial charge in [0.25, 0.3) is 0 Å². The molecule has 1 aromatic carbocycles. The summed E-state index contributed by atoms with van der Waals surface area (Å²) in [5.74, 6) is 0. The highest BCUT2D eigenvalue weighted by atomic mass is 14.7. The van der Waals surface area contributed by atoms with Crippen LogP contribution in [0.2, 0.25) is 0 Å². The van der Waals surface area contributed by atoms with Crippen LogP contribution in [0.25, 0.3) is 33.1 Å². The Hall–Kier alpha value is -2.68. The minimum absolute atomic E-state index is 1.10. The quantitative estimate of drug-likeness (QED) is 0.555. The molecule has 1 aliphatic carbocycles. The van der Waals surface area contributed by atoms with Gasteiger partial charge in [-0.2, -0.15) is 0 Å². The normalized spacial score (nSPS) is 14.3. The van der Waals surface area contributed by atoms with Gasteiger partial charge in [-0.3, -0.25) is 4.98 Å². The third kappa shape index (κ3) is 1.89. The van der Waals surface area contributed by atoms with E-state index in [0.29, 0.717) is 0 Å². The molecule has 23 heavy (non-hydrogen) atoms. The summed E-state index contributed by atoms with van der Waals surface area (Å²) in [6.45, 7) is 0. The second kappa shape index (κ2) is 4.92. The van der Waals surface area contributed by atoms with Gasteiger partial charge in [0.1, 0.15) is 0 Å².